The second-order valence-corrected chi connectivity index (χ2v) is 6.66. The average Bonchev–Trinajstić information content (AvgIpc) is 2.53. The van der Waals surface area contributed by atoms with Gasteiger partial charge in [-0.1, -0.05) is 38.0 Å². The maximum Gasteiger partial charge on any atom is 0.326 e. The van der Waals surface area contributed by atoms with Crippen LogP contribution in [0.5, 0.6) is 0 Å². The van der Waals surface area contributed by atoms with Crippen molar-refractivity contribution in [2.24, 2.45) is 5.92 Å². The molecule has 0 spiro atoms. The van der Waals surface area contributed by atoms with E-state index in [4.69, 9.17) is 5.11 Å². The maximum atomic E-state index is 11.8. The molecule has 0 bridgehead atoms. The molecule has 24 heavy (non-hydrogen) atoms. The van der Waals surface area contributed by atoms with E-state index in [1.165, 1.54) is 0 Å². The lowest BCUT2D eigenvalue weighted by Gasteiger charge is -2.19. The number of benzene rings is 1. The Morgan fingerprint density at radius 3 is 2.25 bits per heavy atom. The first kappa shape index (κ1) is 20.0. The lowest BCUT2D eigenvalue weighted by atomic mass is 9.99. The van der Waals surface area contributed by atoms with Crippen LogP contribution in [0.2, 0.25) is 0 Å². The zero-order chi connectivity index (χ0) is 18.1. The van der Waals surface area contributed by atoms with Crippen LogP contribution in [0.15, 0.2) is 24.3 Å². The molecule has 2 unspecified atom stereocenters. The number of carbonyl (C=O) groups excluding carboxylic acids is 2. The topological polar surface area (TPSA) is 95.5 Å². The Morgan fingerprint density at radius 2 is 1.71 bits per heavy atom. The van der Waals surface area contributed by atoms with Crippen LogP contribution in [-0.4, -0.2) is 40.4 Å². The minimum absolute atomic E-state index is 0.0432. The Labute approximate surface area is 146 Å². The average molecular weight is 352 g/mol. The summed E-state index contributed by atoms with van der Waals surface area (Å²) in [7, 11) is 0. The molecule has 0 aliphatic carbocycles. The van der Waals surface area contributed by atoms with E-state index in [1.807, 2.05) is 38.1 Å². The number of aryl methyl sites for hydroxylation is 1. The Hall–Kier alpha value is -2.02. The van der Waals surface area contributed by atoms with Crippen molar-refractivity contribution in [3.05, 3.63) is 29.8 Å². The fraction of sp³-hybridized carbons (Fsp3) is 0.471. The van der Waals surface area contributed by atoms with E-state index in [1.54, 1.807) is 6.92 Å². The van der Waals surface area contributed by atoms with Gasteiger partial charge in [-0.2, -0.15) is 0 Å². The number of rotatable bonds is 9. The number of hydrogen-bond acceptors (Lipinski definition) is 4. The van der Waals surface area contributed by atoms with Gasteiger partial charge in [0.25, 0.3) is 0 Å². The Bertz CT molecular complexity index is 574. The molecule has 1 aromatic rings. The lowest BCUT2D eigenvalue weighted by Crippen LogP contribution is -2.45. The van der Waals surface area contributed by atoms with Crippen molar-refractivity contribution in [1.82, 2.24) is 5.32 Å². The molecule has 3 N–H and O–H groups in total. The van der Waals surface area contributed by atoms with Gasteiger partial charge < -0.3 is 15.7 Å². The number of aliphatic carboxylic acids is 1. The molecule has 0 saturated heterocycles. The normalized spacial score (nSPS) is 13.0. The fourth-order valence-corrected chi connectivity index (χ4v) is 2.60. The van der Waals surface area contributed by atoms with Gasteiger partial charge in [-0.25, -0.2) is 4.79 Å². The van der Waals surface area contributed by atoms with Crippen LogP contribution in [0.3, 0.4) is 0 Å². The standard InChI is InChI=1S/C17H24N2O4S/c1-4-12(3)16(17(22)23)19-15(21)10-24-9-14(20)18-13-7-5-11(2)6-8-13/h5-8,12,16H,4,9-10H2,1-3H3,(H,18,20)(H,19,21)(H,22,23). The molecule has 7 heteroatoms. The minimum Gasteiger partial charge on any atom is -0.480 e. The van der Waals surface area contributed by atoms with Crippen LogP contribution in [0.25, 0.3) is 0 Å². The SMILES string of the molecule is CCC(C)C(NC(=O)CSCC(=O)Nc1ccc(C)cc1)C(=O)O. The molecule has 1 rings (SSSR count). The highest BCUT2D eigenvalue weighted by molar-refractivity contribution is 8.00. The third-order valence-electron chi connectivity index (χ3n) is 3.60. The van der Waals surface area contributed by atoms with Crippen LogP contribution in [0.1, 0.15) is 25.8 Å². The molecule has 132 valence electrons. The Balaban J connectivity index is 2.35. The molecule has 0 aliphatic rings. The Morgan fingerprint density at radius 1 is 1.12 bits per heavy atom. The third kappa shape index (κ3) is 7.04. The van der Waals surface area contributed by atoms with Gasteiger partial charge in [0.1, 0.15) is 6.04 Å². The van der Waals surface area contributed by atoms with E-state index in [9.17, 15) is 14.4 Å². The fourth-order valence-electron chi connectivity index (χ4n) is 1.97. The van der Waals surface area contributed by atoms with Crippen molar-refractivity contribution in [2.45, 2.75) is 33.2 Å². The number of carboxylic acid groups (broad SMARTS) is 1. The van der Waals surface area contributed by atoms with Gasteiger partial charge in [-0.15, -0.1) is 11.8 Å². The number of carboxylic acids is 1. The summed E-state index contributed by atoms with van der Waals surface area (Å²) in [5.74, 6) is -1.60. The first-order chi connectivity index (χ1) is 11.3. The van der Waals surface area contributed by atoms with Crippen molar-refractivity contribution in [3.63, 3.8) is 0 Å². The maximum absolute atomic E-state index is 11.8. The highest BCUT2D eigenvalue weighted by Crippen LogP contribution is 2.11. The largest absolute Gasteiger partial charge is 0.480 e. The summed E-state index contributed by atoms with van der Waals surface area (Å²) in [5, 5.41) is 14.4. The Kier molecular flexibility index (Phi) is 8.32. The number of nitrogens with one attached hydrogen (secondary N) is 2. The quantitative estimate of drug-likeness (QED) is 0.634. The first-order valence-corrected chi connectivity index (χ1v) is 8.95. The van der Waals surface area contributed by atoms with E-state index < -0.39 is 12.0 Å². The lowest BCUT2D eigenvalue weighted by molar-refractivity contribution is -0.143. The molecular weight excluding hydrogens is 328 g/mol. The van der Waals surface area contributed by atoms with Gasteiger partial charge >= 0.3 is 5.97 Å². The molecule has 2 atom stereocenters. The van der Waals surface area contributed by atoms with Crippen molar-refractivity contribution in [2.75, 3.05) is 16.8 Å². The summed E-state index contributed by atoms with van der Waals surface area (Å²) < 4.78 is 0. The van der Waals surface area contributed by atoms with Gasteiger partial charge in [0.05, 0.1) is 11.5 Å². The van der Waals surface area contributed by atoms with Crippen LogP contribution in [-0.2, 0) is 14.4 Å². The number of hydrogen-bond donors (Lipinski definition) is 3. The predicted molar refractivity (Wildman–Crippen MR) is 96.2 cm³/mol. The molecule has 6 nitrogen and oxygen atoms in total. The number of thioether (sulfide) groups is 1. The number of amides is 2. The minimum atomic E-state index is -1.04. The summed E-state index contributed by atoms with van der Waals surface area (Å²) in [4.78, 5) is 34.8. The van der Waals surface area contributed by atoms with Crippen LogP contribution < -0.4 is 10.6 Å². The zero-order valence-electron chi connectivity index (χ0n) is 14.2. The summed E-state index contributed by atoms with van der Waals surface area (Å²) in [6.45, 7) is 5.61. The molecular formula is C17H24N2O4S. The second kappa shape index (κ2) is 9.97. The van der Waals surface area contributed by atoms with Crippen LogP contribution >= 0.6 is 11.8 Å². The van der Waals surface area contributed by atoms with Crippen molar-refractivity contribution in [1.29, 1.82) is 0 Å². The van der Waals surface area contributed by atoms with E-state index in [2.05, 4.69) is 10.6 Å². The molecule has 0 saturated carbocycles. The predicted octanol–water partition coefficient (Wildman–Crippen LogP) is 2.28. The monoisotopic (exact) mass is 352 g/mol. The highest BCUT2D eigenvalue weighted by Gasteiger charge is 2.25. The van der Waals surface area contributed by atoms with Gasteiger partial charge in [0, 0.05) is 5.69 Å². The highest BCUT2D eigenvalue weighted by atomic mass is 32.2. The summed E-state index contributed by atoms with van der Waals surface area (Å²) >= 11 is 1.15. The van der Waals surface area contributed by atoms with Crippen LogP contribution in [0, 0.1) is 12.8 Å². The number of anilines is 1. The van der Waals surface area contributed by atoms with Gasteiger partial charge in [-0.05, 0) is 25.0 Å². The molecule has 1 aromatic carbocycles. The number of carbonyl (C=O) groups is 3. The zero-order valence-corrected chi connectivity index (χ0v) is 15.0. The molecule has 0 heterocycles. The molecule has 0 aliphatic heterocycles. The van der Waals surface area contributed by atoms with Crippen LogP contribution in [0.4, 0.5) is 5.69 Å². The summed E-state index contributed by atoms with van der Waals surface area (Å²) in [6, 6.07) is 6.53. The van der Waals surface area contributed by atoms with E-state index in [-0.39, 0.29) is 29.2 Å². The second-order valence-electron chi connectivity index (χ2n) is 5.68. The van der Waals surface area contributed by atoms with Crippen molar-refractivity contribution < 1.29 is 19.5 Å². The van der Waals surface area contributed by atoms with E-state index in [0.29, 0.717) is 12.1 Å². The molecule has 2 amide bonds. The summed E-state index contributed by atoms with van der Waals surface area (Å²) in [6.07, 6.45) is 0.656. The smallest absolute Gasteiger partial charge is 0.326 e. The summed E-state index contributed by atoms with van der Waals surface area (Å²) in [5.41, 5.74) is 1.81. The van der Waals surface area contributed by atoms with E-state index in [0.717, 1.165) is 17.3 Å². The van der Waals surface area contributed by atoms with Crippen molar-refractivity contribution in [3.8, 4) is 0 Å². The molecule has 0 fully saturated rings. The molecule has 0 radical (unpaired) electrons. The molecule has 0 aromatic heterocycles. The van der Waals surface area contributed by atoms with Gasteiger partial charge in [-0.3, -0.25) is 9.59 Å². The third-order valence-corrected chi connectivity index (χ3v) is 4.53. The van der Waals surface area contributed by atoms with Gasteiger partial charge in [0.15, 0.2) is 0 Å². The van der Waals surface area contributed by atoms with Crippen molar-refractivity contribution >= 4 is 35.2 Å². The van der Waals surface area contributed by atoms with E-state index >= 15 is 0 Å². The first-order valence-electron chi connectivity index (χ1n) is 7.80. The van der Waals surface area contributed by atoms with Gasteiger partial charge in [0.2, 0.25) is 11.8 Å².